The molecule has 0 spiro atoms. The molecule has 5 heteroatoms. The summed E-state index contributed by atoms with van der Waals surface area (Å²) in [6.07, 6.45) is -0.108. The van der Waals surface area contributed by atoms with Crippen LogP contribution in [-0.2, 0) is 9.59 Å². The van der Waals surface area contributed by atoms with E-state index in [1.165, 1.54) is 4.90 Å². The second-order valence-electron chi connectivity index (χ2n) is 3.34. The smallest absolute Gasteiger partial charge is 0.236 e. The number of benzene rings is 1. The molecule has 1 aromatic rings. The summed E-state index contributed by atoms with van der Waals surface area (Å²) in [5, 5.41) is 2.69. The molecule has 4 nitrogen and oxygen atoms in total. The van der Waals surface area contributed by atoms with Crippen molar-refractivity contribution in [3.8, 4) is 0 Å². The summed E-state index contributed by atoms with van der Waals surface area (Å²) >= 11 is 3.32. The van der Waals surface area contributed by atoms with Crippen molar-refractivity contribution in [3.05, 3.63) is 22.7 Å². The molecule has 0 unspecified atom stereocenters. The number of nitrogens with one attached hydrogen (secondary N) is 1. The van der Waals surface area contributed by atoms with Gasteiger partial charge in [0.1, 0.15) is 6.42 Å². The predicted octanol–water partition coefficient (Wildman–Crippen LogP) is 1.75. The van der Waals surface area contributed by atoms with E-state index in [1.807, 2.05) is 6.07 Å². The molecule has 1 aliphatic rings. The van der Waals surface area contributed by atoms with Crippen molar-refractivity contribution >= 4 is 39.1 Å². The van der Waals surface area contributed by atoms with Crippen LogP contribution in [0.3, 0.4) is 0 Å². The Morgan fingerprint density at radius 2 is 2.13 bits per heavy atom. The van der Waals surface area contributed by atoms with E-state index in [1.54, 1.807) is 19.2 Å². The lowest BCUT2D eigenvalue weighted by molar-refractivity contribution is -0.124. The molecular formula is C10H9BrN2O2. The molecule has 1 aliphatic heterocycles. The zero-order chi connectivity index (χ0) is 11.0. The van der Waals surface area contributed by atoms with E-state index in [-0.39, 0.29) is 18.2 Å². The second kappa shape index (κ2) is 3.66. The maximum atomic E-state index is 11.5. The Labute approximate surface area is 95.4 Å². The lowest BCUT2D eigenvalue weighted by Gasteiger charge is -2.16. The fraction of sp³-hybridized carbons (Fsp3) is 0.200. The zero-order valence-electron chi connectivity index (χ0n) is 8.08. The molecule has 0 radical (unpaired) electrons. The highest BCUT2D eigenvalue weighted by molar-refractivity contribution is 9.10. The average Bonchev–Trinajstić information content (AvgIpc) is 2.25. The van der Waals surface area contributed by atoms with Gasteiger partial charge in [-0.1, -0.05) is 15.9 Å². The highest BCUT2D eigenvalue weighted by atomic mass is 79.9. The Bertz CT molecular complexity index is 445. The Morgan fingerprint density at radius 3 is 2.87 bits per heavy atom. The Kier molecular flexibility index (Phi) is 2.48. The van der Waals surface area contributed by atoms with Crippen molar-refractivity contribution in [3.63, 3.8) is 0 Å². The molecule has 78 valence electrons. The lowest BCUT2D eigenvalue weighted by atomic mass is 10.2. The summed E-state index contributed by atoms with van der Waals surface area (Å²) in [5.74, 6) is -0.475. The second-order valence-corrected chi connectivity index (χ2v) is 4.25. The number of fused-ring (bicyclic) bond motifs is 1. The van der Waals surface area contributed by atoms with Crippen LogP contribution in [0.4, 0.5) is 11.4 Å². The molecule has 2 rings (SSSR count). The molecule has 1 heterocycles. The first-order valence-corrected chi connectivity index (χ1v) is 5.23. The van der Waals surface area contributed by atoms with Crippen molar-refractivity contribution in [1.29, 1.82) is 0 Å². The number of amides is 2. The van der Waals surface area contributed by atoms with Gasteiger partial charge in [0.15, 0.2) is 0 Å². The standard InChI is InChI=1S/C10H9BrN2O2/c1-13-8-3-2-6(11)4-7(8)12-9(14)5-10(13)15/h2-4H,5H2,1H3,(H,12,14). The SMILES string of the molecule is CN1C(=O)CC(=O)Nc2cc(Br)ccc21. The van der Waals surface area contributed by atoms with Crippen LogP contribution in [0.25, 0.3) is 0 Å². The zero-order valence-corrected chi connectivity index (χ0v) is 9.67. The third-order valence-corrected chi connectivity index (χ3v) is 2.77. The molecule has 0 aromatic heterocycles. The number of halogens is 1. The fourth-order valence-electron chi connectivity index (χ4n) is 1.49. The summed E-state index contributed by atoms with van der Waals surface area (Å²) in [7, 11) is 1.66. The highest BCUT2D eigenvalue weighted by Crippen LogP contribution is 2.30. The molecule has 0 bridgehead atoms. The topological polar surface area (TPSA) is 49.4 Å². The van der Waals surface area contributed by atoms with Crippen LogP contribution in [0.15, 0.2) is 22.7 Å². The van der Waals surface area contributed by atoms with Gasteiger partial charge in [0.05, 0.1) is 11.4 Å². The van der Waals surface area contributed by atoms with Crippen molar-refractivity contribution < 1.29 is 9.59 Å². The molecule has 1 N–H and O–H groups in total. The van der Waals surface area contributed by atoms with Crippen LogP contribution in [0.5, 0.6) is 0 Å². The first kappa shape index (κ1) is 10.2. The third kappa shape index (κ3) is 1.87. The minimum absolute atomic E-state index is 0.108. The molecule has 0 atom stereocenters. The maximum absolute atomic E-state index is 11.5. The van der Waals surface area contributed by atoms with Gasteiger partial charge in [0, 0.05) is 11.5 Å². The van der Waals surface area contributed by atoms with Crippen molar-refractivity contribution in [1.82, 2.24) is 0 Å². The molecule has 2 amide bonds. The molecular weight excluding hydrogens is 260 g/mol. The van der Waals surface area contributed by atoms with E-state index >= 15 is 0 Å². The monoisotopic (exact) mass is 268 g/mol. The Balaban J connectivity index is 2.54. The minimum Gasteiger partial charge on any atom is -0.324 e. The van der Waals surface area contributed by atoms with Crippen LogP contribution in [0.2, 0.25) is 0 Å². The van der Waals surface area contributed by atoms with Gasteiger partial charge in [-0.3, -0.25) is 9.59 Å². The van der Waals surface area contributed by atoms with Gasteiger partial charge in [-0.05, 0) is 18.2 Å². The van der Waals surface area contributed by atoms with E-state index < -0.39 is 0 Å². The van der Waals surface area contributed by atoms with Crippen LogP contribution in [0, 0.1) is 0 Å². The summed E-state index contributed by atoms with van der Waals surface area (Å²) < 4.78 is 0.865. The Hall–Kier alpha value is -1.36. The van der Waals surface area contributed by atoms with Crippen molar-refractivity contribution in [2.45, 2.75) is 6.42 Å². The number of nitrogens with zero attached hydrogens (tertiary/aromatic N) is 1. The first-order chi connectivity index (χ1) is 7.08. The number of anilines is 2. The predicted molar refractivity (Wildman–Crippen MR) is 60.8 cm³/mol. The molecule has 0 saturated heterocycles. The van der Waals surface area contributed by atoms with Gasteiger partial charge < -0.3 is 10.2 Å². The van der Waals surface area contributed by atoms with Gasteiger partial charge in [-0.15, -0.1) is 0 Å². The van der Waals surface area contributed by atoms with Gasteiger partial charge in [-0.25, -0.2) is 0 Å². The number of hydrogen-bond donors (Lipinski definition) is 1. The largest absolute Gasteiger partial charge is 0.324 e. The van der Waals surface area contributed by atoms with Gasteiger partial charge in [0.2, 0.25) is 11.8 Å². The maximum Gasteiger partial charge on any atom is 0.236 e. The number of carbonyl (C=O) groups excluding carboxylic acids is 2. The summed E-state index contributed by atoms with van der Waals surface area (Å²) in [6, 6.07) is 5.41. The summed E-state index contributed by atoms with van der Waals surface area (Å²) in [4.78, 5) is 24.4. The van der Waals surface area contributed by atoms with E-state index in [0.29, 0.717) is 11.4 Å². The molecule has 0 saturated carbocycles. The van der Waals surface area contributed by atoms with E-state index in [2.05, 4.69) is 21.2 Å². The molecule has 1 aromatic carbocycles. The van der Waals surface area contributed by atoms with Crippen LogP contribution in [-0.4, -0.2) is 18.9 Å². The number of carbonyl (C=O) groups is 2. The van der Waals surface area contributed by atoms with Crippen molar-refractivity contribution in [2.75, 3.05) is 17.3 Å². The number of hydrogen-bond acceptors (Lipinski definition) is 2. The van der Waals surface area contributed by atoms with E-state index in [9.17, 15) is 9.59 Å². The van der Waals surface area contributed by atoms with Crippen molar-refractivity contribution in [2.24, 2.45) is 0 Å². The average molecular weight is 269 g/mol. The van der Waals surface area contributed by atoms with E-state index in [4.69, 9.17) is 0 Å². The lowest BCUT2D eigenvalue weighted by Crippen LogP contribution is -2.26. The van der Waals surface area contributed by atoms with Crippen LogP contribution >= 0.6 is 15.9 Å². The minimum atomic E-state index is -0.274. The molecule has 0 fully saturated rings. The van der Waals surface area contributed by atoms with Crippen LogP contribution in [0.1, 0.15) is 6.42 Å². The molecule has 0 aliphatic carbocycles. The van der Waals surface area contributed by atoms with Gasteiger partial charge in [0.25, 0.3) is 0 Å². The quantitative estimate of drug-likeness (QED) is 0.729. The van der Waals surface area contributed by atoms with E-state index in [0.717, 1.165) is 4.47 Å². The highest BCUT2D eigenvalue weighted by Gasteiger charge is 2.23. The summed E-state index contributed by atoms with van der Waals surface area (Å²) in [5.41, 5.74) is 1.37. The third-order valence-electron chi connectivity index (χ3n) is 2.28. The number of rotatable bonds is 0. The van der Waals surface area contributed by atoms with Crippen LogP contribution < -0.4 is 10.2 Å². The van der Waals surface area contributed by atoms with Gasteiger partial charge in [-0.2, -0.15) is 0 Å². The fourth-order valence-corrected chi connectivity index (χ4v) is 1.85. The molecule has 15 heavy (non-hydrogen) atoms. The summed E-state index contributed by atoms with van der Waals surface area (Å²) in [6.45, 7) is 0. The van der Waals surface area contributed by atoms with Gasteiger partial charge >= 0.3 is 0 Å². The first-order valence-electron chi connectivity index (χ1n) is 4.44. The normalized spacial score (nSPS) is 15.7. The Morgan fingerprint density at radius 1 is 1.40 bits per heavy atom.